The van der Waals surface area contributed by atoms with Crippen molar-refractivity contribution in [2.45, 2.75) is 44.0 Å². The Morgan fingerprint density at radius 3 is 2.41 bits per heavy atom. The summed E-state index contributed by atoms with van der Waals surface area (Å²) in [5, 5.41) is 2.04. The summed E-state index contributed by atoms with van der Waals surface area (Å²) < 4.78 is 26.6. The Morgan fingerprint density at radius 1 is 1.15 bits per heavy atom. The van der Waals surface area contributed by atoms with Gasteiger partial charge in [0.25, 0.3) is 0 Å². The van der Waals surface area contributed by atoms with Crippen molar-refractivity contribution in [3.63, 3.8) is 0 Å². The summed E-state index contributed by atoms with van der Waals surface area (Å²) in [4.78, 5) is 15.7. The van der Waals surface area contributed by atoms with Crippen LogP contribution in [0.5, 0.6) is 0 Å². The molecule has 1 amide bonds. The van der Waals surface area contributed by atoms with Crippen LogP contribution in [0.2, 0.25) is 0 Å². The summed E-state index contributed by atoms with van der Waals surface area (Å²) in [5.41, 5.74) is 2.19. The van der Waals surface area contributed by atoms with Crippen LogP contribution in [0.1, 0.15) is 35.3 Å². The average Bonchev–Trinajstić information content (AvgIpc) is 3.33. The fraction of sp³-hybridized carbons (Fsp3) is 0.450. The minimum absolute atomic E-state index is 0.0940. The molecule has 0 saturated carbocycles. The molecule has 2 heterocycles. The molecule has 0 N–H and O–H groups in total. The van der Waals surface area contributed by atoms with E-state index in [0.29, 0.717) is 37.4 Å². The Bertz CT molecular complexity index is 882. The molecule has 146 valence electrons. The third-order valence-electron chi connectivity index (χ3n) is 5.03. The minimum Gasteiger partial charge on any atom is -0.341 e. The second kappa shape index (κ2) is 8.54. The number of sulfonamides is 1. The van der Waals surface area contributed by atoms with Crippen molar-refractivity contribution < 1.29 is 13.2 Å². The predicted molar refractivity (Wildman–Crippen MR) is 108 cm³/mol. The molecule has 1 saturated heterocycles. The zero-order valence-electron chi connectivity index (χ0n) is 15.8. The van der Waals surface area contributed by atoms with Gasteiger partial charge in [-0.2, -0.15) is 4.31 Å². The molecule has 7 heteroatoms. The van der Waals surface area contributed by atoms with E-state index < -0.39 is 10.0 Å². The highest BCUT2D eigenvalue weighted by Crippen LogP contribution is 2.22. The van der Waals surface area contributed by atoms with Crippen molar-refractivity contribution in [3.8, 4) is 0 Å². The smallest absolute Gasteiger partial charge is 0.243 e. The molecule has 1 aliphatic heterocycles. The summed E-state index contributed by atoms with van der Waals surface area (Å²) in [5.74, 6) is 0.0940. The largest absolute Gasteiger partial charge is 0.341 e. The molecule has 27 heavy (non-hydrogen) atoms. The first-order valence-electron chi connectivity index (χ1n) is 9.24. The first kappa shape index (κ1) is 20.0. The van der Waals surface area contributed by atoms with Gasteiger partial charge in [-0.25, -0.2) is 8.42 Å². The monoisotopic (exact) mass is 406 g/mol. The van der Waals surface area contributed by atoms with Gasteiger partial charge in [-0.3, -0.25) is 4.79 Å². The van der Waals surface area contributed by atoms with E-state index in [9.17, 15) is 13.2 Å². The average molecular weight is 407 g/mol. The van der Waals surface area contributed by atoms with Crippen LogP contribution in [0.3, 0.4) is 0 Å². The van der Waals surface area contributed by atoms with Crippen molar-refractivity contribution in [3.05, 3.63) is 51.7 Å². The van der Waals surface area contributed by atoms with E-state index in [1.807, 2.05) is 24.6 Å². The van der Waals surface area contributed by atoms with Gasteiger partial charge in [-0.05, 0) is 60.9 Å². The van der Waals surface area contributed by atoms with Gasteiger partial charge >= 0.3 is 0 Å². The van der Waals surface area contributed by atoms with Gasteiger partial charge in [-0.15, -0.1) is 11.3 Å². The zero-order chi connectivity index (χ0) is 19.4. The highest BCUT2D eigenvalue weighted by Gasteiger charge is 2.26. The van der Waals surface area contributed by atoms with Crippen molar-refractivity contribution in [1.29, 1.82) is 0 Å². The molecular weight excluding hydrogens is 380 g/mol. The molecule has 0 aliphatic carbocycles. The zero-order valence-corrected chi connectivity index (χ0v) is 17.5. The quantitative estimate of drug-likeness (QED) is 0.708. The maximum absolute atomic E-state index is 12.5. The second-order valence-corrected chi connectivity index (χ2v) is 9.97. The van der Waals surface area contributed by atoms with E-state index in [2.05, 4.69) is 13.0 Å². The molecule has 2 aromatic rings. The van der Waals surface area contributed by atoms with Gasteiger partial charge in [-0.1, -0.05) is 12.1 Å². The maximum atomic E-state index is 12.5. The molecule has 3 rings (SSSR count). The lowest BCUT2D eigenvalue weighted by atomic mass is 10.1. The lowest BCUT2D eigenvalue weighted by Crippen LogP contribution is -2.27. The number of carbonyl (C=O) groups is 1. The van der Waals surface area contributed by atoms with Crippen LogP contribution in [0.25, 0.3) is 0 Å². The van der Waals surface area contributed by atoms with Gasteiger partial charge in [0.2, 0.25) is 15.9 Å². The van der Waals surface area contributed by atoms with Crippen molar-refractivity contribution in [2.75, 3.05) is 20.1 Å². The highest BCUT2D eigenvalue weighted by molar-refractivity contribution is 7.89. The second-order valence-electron chi connectivity index (χ2n) is 7.03. The van der Waals surface area contributed by atoms with E-state index in [1.54, 1.807) is 32.7 Å². The van der Waals surface area contributed by atoms with Crippen molar-refractivity contribution in [2.24, 2.45) is 0 Å². The van der Waals surface area contributed by atoms with E-state index in [1.165, 1.54) is 10.4 Å². The summed E-state index contributed by atoms with van der Waals surface area (Å²) in [6.07, 6.45) is 2.88. The third kappa shape index (κ3) is 4.78. The van der Waals surface area contributed by atoms with Crippen molar-refractivity contribution >= 4 is 27.3 Å². The Balaban J connectivity index is 1.55. The molecule has 5 nitrogen and oxygen atoms in total. The van der Waals surface area contributed by atoms with Gasteiger partial charge in [0.15, 0.2) is 0 Å². The summed E-state index contributed by atoms with van der Waals surface area (Å²) >= 11 is 1.67. The fourth-order valence-electron chi connectivity index (χ4n) is 3.22. The third-order valence-corrected chi connectivity index (χ3v) is 7.95. The fourth-order valence-corrected chi connectivity index (χ4v) is 5.69. The van der Waals surface area contributed by atoms with Crippen LogP contribution in [-0.4, -0.2) is 43.7 Å². The summed E-state index contributed by atoms with van der Waals surface area (Å²) in [7, 11) is -1.55. The number of hydrogen-bond acceptors (Lipinski definition) is 4. The molecule has 0 atom stereocenters. The summed E-state index contributed by atoms with van der Waals surface area (Å²) in [6, 6.07) is 9.02. The normalized spacial score (nSPS) is 15.2. The van der Waals surface area contributed by atoms with Gasteiger partial charge in [0.05, 0.1) is 11.4 Å². The Morgan fingerprint density at radius 2 is 1.81 bits per heavy atom. The maximum Gasteiger partial charge on any atom is 0.243 e. The molecule has 1 fully saturated rings. The number of aryl methyl sites for hydroxylation is 2. The molecule has 0 unspecified atom stereocenters. The van der Waals surface area contributed by atoms with E-state index in [4.69, 9.17) is 0 Å². The highest BCUT2D eigenvalue weighted by atomic mass is 32.2. The number of benzene rings is 1. The molecule has 1 aromatic carbocycles. The van der Waals surface area contributed by atoms with Gasteiger partial charge in [0.1, 0.15) is 0 Å². The number of thiophene rings is 1. The first-order valence-corrected chi connectivity index (χ1v) is 11.6. The molecule has 0 spiro atoms. The van der Waals surface area contributed by atoms with Crippen LogP contribution in [-0.2, 0) is 27.8 Å². The van der Waals surface area contributed by atoms with E-state index in [-0.39, 0.29) is 5.91 Å². The van der Waals surface area contributed by atoms with Crippen LogP contribution >= 0.6 is 11.3 Å². The molecule has 0 bridgehead atoms. The van der Waals surface area contributed by atoms with Crippen LogP contribution < -0.4 is 0 Å². The predicted octanol–water partition coefficient (Wildman–Crippen LogP) is 3.43. The van der Waals surface area contributed by atoms with E-state index in [0.717, 1.165) is 18.4 Å². The number of amides is 1. The molecule has 1 aliphatic rings. The Hall–Kier alpha value is -1.70. The minimum atomic E-state index is -3.37. The Kier molecular flexibility index (Phi) is 6.34. The lowest BCUT2D eigenvalue weighted by Gasteiger charge is -2.17. The number of nitrogens with zero attached hydrogens (tertiary/aromatic N) is 2. The Labute approximate surface area is 165 Å². The molecule has 0 radical (unpaired) electrons. The van der Waals surface area contributed by atoms with Gasteiger partial charge < -0.3 is 4.90 Å². The van der Waals surface area contributed by atoms with Crippen LogP contribution in [0, 0.1) is 6.92 Å². The summed E-state index contributed by atoms with van der Waals surface area (Å²) in [6.45, 7) is 3.90. The standard InChI is InChI=1S/C20H26N2O3S2/c1-16-11-14-26-19(16)15-21(2)20(23)10-7-17-5-8-18(9-6-17)27(24,25)22-12-3-4-13-22/h5-6,8-9,11,14H,3-4,7,10,12-13,15H2,1-2H3. The van der Waals surface area contributed by atoms with Crippen molar-refractivity contribution in [1.82, 2.24) is 9.21 Å². The lowest BCUT2D eigenvalue weighted by molar-refractivity contribution is -0.130. The van der Waals surface area contributed by atoms with Crippen LogP contribution in [0.15, 0.2) is 40.6 Å². The molecular formula is C20H26N2O3S2. The number of carbonyl (C=O) groups excluding carboxylic acids is 1. The number of rotatable bonds is 7. The van der Waals surface area contributed by atoms with Gasteiger partial charge in [0, 0.05) is 31.4 Å². The van der Waals surface area contributed by atoms with E-state index >= 15 is 0 Å². The van der Waals surface area contributed by atoms with Crippen LogP contribution in [0.4, 0.5) is 0 Å². The molecule has 1 aromatic heterocycles. The topological polar surface area (TPSA) is 57.7 Å². The first-order chi connectivity index (χ1) is 12.9. The SMILES string of the molecule is Cc1ccsc1CN(C)C(=O)CCc1ccc(S(=O)(=O)N2CCCC2)cc1. The number of hydrogen-bond donors (Lipinski definition) is 0.